The maximum atomic E-state index is 12.1. The SMILES string of the molecule is CNCCCNC(=O)c1ccc(Cl)c(NC(=O)c2cccs2)c1. The quantitative estimate of drug-likeness (QED) is 0.671. The standard InChI is InChI=1S/C16H18ClN3O2S/c1-18-7-3-8-19-15(21)11-5-6-12(17)13(10-11)20-16(22)14-4-2-9-23-14/h2,4-6,9-10,18H,3,7-8H2,1H3,(H,19,21)(H,20,22). The molecule has 1 heterocycles. The van der Waals surface area contributed by atoms with E-state index in [4.69, 9.17) is 11.6 Å². The number of benzene rings is 1. The minimum absolute atomic E-state index is 0.190. The van der Waals surface area contributed by atoms with Gasteiger partial charge >= 0.3 is 0 Å². The maximum absolute atomic E-state index is 12.1. The molecule has 0 fully saturated rings. The van der Waals surface area contributed by atoms with Gasteiger partial charge in [0, 0.05) is 12.1 Å². The Labute approximate surface area is 144 Å². The monoisotopic (exact) mass is 351 g/mol. The molecule has 122 valence electrons. The van der Waals surface area contributed by atoms with Crippen LogP contribution in [0.15, 0.2) is 35.7 Å². The van der Waals surface area contributed by atoms with E-state index in [2.05, 4.69) is 16.0 Å². The number of anilines is 1. The first-order valence-electron chi connectivity index (χ1n) is 7.19. The highest BCUT2D eigenvalue weighted by Crippen LogP contribution is 2.24. The summed E-state index contributed by atoms with van der Waals surface area (Å²) in [5.74, 6) is -0.433. The smallest absolute Gasteiger partial charge is 0.265 e. The van der Waals surface area contributed by atoms with Gasteiger partial charge in [0.05, 0.1) is 15.6 Å². The summed E-state index contributed by atoms with van der Waals surface area (Å²) in [7, 11) is 1.86. The van der Waals surface area contributed by atoms with E-state index < -0.39 is 0 Å². The maximum Gasteiger partial charge on any atom is 0.265 e. The van der Waals surface area contributed by atoms with Crippen LogP contribution in [0.2, 0.25) is 5.02 Å². The molecular weight excluding hydrogens is 334 g/mol. The third kappa shape index (κ3) is 5.06. The van der Waals surface area contributed by atoms with Gasteiger partial charge in [0.1, 0.15) is 0 Å². The topological polar surface area (TPSA) is 70.2 Å². The molecule has 2 aromatic rings. The molecule has 5 nitrogen and oxygen atoms in total. The van der Waals surface area contributed by atoms with Crippen molar-refractivity contribution in [2.75, 3.05) is 25.5 Å². The van der Waals surface area contributed by atoms with Gasteiger partial charge in [0.25, 0.3) is 11.8 Å². The normalized spacial score (nSPS) is 10.3. The van der Waals surface area contributed by atoms with Crippen LogP contribution in [0.3, 0.4) is 0 Å². The summed E-state index contributed by atoms with van der Waals surface area (Å²) in [6, 6.07) is 8.36. The number of hydrogen-bond donors (Lipinski definition) is 3. The van der Waals surface area contributed by atoms with Gasteiger partial charge in [-0.3, -0.25) is 9.59 Å². The molecule has 0 bridgehead atoms. The molecule has 23 heavy (non-hydrogen) atoms. The number of carbonyl (C=O) groups excluding carboxylic acids is 2. The summed E-state index contributed by atoms with van der Waals surface area (Å²) in [6.45, 7) is 1.42. The molecular formula is C16H18ClN3O2S. The lowest BCUT2D eigenvalue weighted by Gasteiger charge is -2.09. The number of rotatable bonds is 7. The van der Waals surface area contributed by atoms with Gasteiger partial charge in [-0.15, -0.1) is 11.3 Å². The zero-order valence-electron chi connectivity index (χ0n) is 12.7. The Hall–Kier alpha value is -1.89. The third-order valence-corrected chi connectivity index (χ3v) is 4.31. The minimum Gasteiger partial charge on any atom is -0.352 e. The van der Waals surface area contributed by atoms with E-state index in [1.54, 1.807) is 30.3 Å². The van der Waals surface area contributed by atoms with Crippen LogP contribution in [0.1, 0.15) is 26.5 Å². The van der Waals surface area contributed by atoms with Gasteiger partial charge in [-0.2, -0.15) is 0 Å². The summed E-state index contributed by atoms with van der Waals surface area (Å²) >= 11 is 7.44. The van der Waals surface area contributed by atoms with Crippen molar-refractivity contribution < 1.29 is 9.59 Å². The van der Waals surface area contributed by atoms with Gasteiger partial charge in [-0.25, -0.2) is 0 Å². The average Bonchev–Trinajstić information content (AvgIpc) is 3.08. The second-order valence-electron chi connectivity index (χ2n) is 4.84. The van der Waals surface area contributed by atoms with E-state index in [-0.39, 0.29) is 11.8 Å². The number of halogens is 1. The van der Waals surface area contributed by atoms with Crippen LogP contribution in [0.4, 0.5) is 5.69 Å². The molecule has 2 rings (SSSR count). The first-order chi connectivity index (χ1) is 11.1. The molecule has 2 amide bonds. The van der Waals surface area contributed by atoms with Gasteiger partial charge in [0.2, 0.25) is 0 Å². The molecule has 0 spiro atoms. The molecule has 0 saturated heterocycles. The van der Waals surface area contributed by atoms with Crippen molar-refractivity contribution in [3.63, 3.8) is 0 Å². The van der Waals surface area contributed by atoms with Crippen LogP contribution in [-0.4, -0.2) is 32.0 Å². The predicted octanol–water partition coefficient (Wildman–Crippen LogP) is 2.99. The zero-order valence-corrected chi connectivity index (χ0v) is 14.3. The van der Waals surface area contributed by atoms with Crippen LogP contribution in [0.25, 0.3) is 0 Å². The van der Waals surface area contributed by atoms with E-state index in [1.807, 2.05) is 12.4 Å². The van der Waals surface area contributed by atoms with Crippen molar-refractivity contribution in [2.24, 2.45) is 0 Å². The molecule has 0 aliphatic carbocycles. The number of thiophene rings is 1. The summed E-state index contributed by atoms with van der Waals surface area (Å²) in [5, 5.41) is 10.8. The molecule has 0 saturated carbocycles. The average molecular weight is 352 g/mol. The zero-order chi connectivity index (χ0) is 16.7. The number of nitrogens with one attached hydrogen (secondary N) is 3. The molecule has 1 aromatic carbocycles. The van der Waals surface area contributed by atoms with Gasteiger partial charge in [-0.1, -0.05) is 17.7 Å². The van der Waals surface area contributed by atoms with E-state index >= 15 is 0 Å². The molecule has 0 unspecified atom stereocenters. The third-order valence-electron chi connectivity index (χ3n) is 3.11. The van der Waals surface area contributed by atoms with Crippen LogP contribution >= 0.6 is 22.9 Å². The summed E-state index contributed by atoms with van der Waals surface area (Å²) in [4.78, 5) is 24.8. The second kappa shape index (κ2) is 8.67. The van der Waals surface area contributed by atoms with Gasteiger partial charge < -0.3 is 16.0 Å². The fraction of sp³-hybridized carbons (Fsp3) is 0.250. The highest BCUT2D eigenvalue weighted by molar-refractivity contribution is 7.12. The Morgan fingerprint density at radius 2 is 2.00 bits per heavy atom. The van der Waals surface area contributed by atoms with Crippen molar-refractivity contribution in [2.45, 2.75) is 6.42 Å². The van der Waals surface area contributed by atoms with E-state index in [0.717, 1.165) is 13.0 Å². The van der Waals surface area contributed by atoms with Gasteiger partial charge in [-0.05, 0) is 49.7 Å². The second-order valence-corrected chi connectivity index (χ2v) is 6.19. The fourth-order valence-electron chi connectivity index (χ4n) is 1.92. The Morgan fingerprint density at radius 1 is 1.17 bits per heavy atom. The van der Waals surface area contributed by atoms with Crippen molar-refractivity contribution in [3.8, 4) is 0 Å². The summed E-state index contributed by atoms with van der Waals surface area (Å²) in [6.07, 6.45) is 0.845. The van der Waals surface area contributed by atoms with E-state index in [1.165, 1.54) is 11.3 Å². The first-order valence-corrected chi connectivity index (χ1v) is 8.45. The molecule has 0 aliphatic heterocycles. The molecule has 0 atom stereocenters. The molecule has 1 aromatic heterocycles. The number of hydrogen-bond acceptors (Lipinski definition) is 4. The van der Waals surface area contributed by atoms with Crippen LogP contribution in [0.5, 0.6) is 0 Å². The molecule has 0 radical (unpaired) electrons. The number of amides is 2. The van der Waals surface area contributed by atoms with Crippen molar-refractivity contribution >= 4 is 40.4 Å². The van der Waals surface area contributed by atoms with Crippen molar-refractivity contribution in [1.29, 1.82) is 0 Å². The highest BCUT2D eigenvalue weighted by Gasteiger charge is 2.12. The lowest BCUT2D eigenvalue weighted by molar-refractivity contribution is 0.0952. The Bertz CT molecular complexity index is 674. The van der Waals surface area contributed by atoms with Crippen LogP contribution in [-0.2, 0) is 0 Å². The van der Waals surface area contributed by atoms with Crippen LogP contribution in [0, 0.1) is 0 Å². The minimum atomic E-state index is -0.242. The van der Waals surface area contributed by atoms with Crippen molar-refractivity contribution in [3.05, 3.63) is 51.2 Å². The predicted molar refractivity (Wildman–Crippen MR) is 94.6 cm³/mol. The van der Waals surface area contributed by atoms with Crippen molar-refractivity contribution in [1.82, 2.24) is 10.6 Å². The van der Waals surface area contributed by atoms with Crippen LogP contribution < -0.4 is 16.0 Å². The number of carbonyl (C=O) groups is 2. The lowest BCUT2D eigenvalue weighted by atomic mass is 10.2. The fourth-order valence-corrected chi connectivity index (χ4v) is 2.71. The van der Waals surface area contributed by atoms with E-state index in [9.17, 15) is 9.59 Å². The first kappa shape index (κ1) is 17.5. The molecule has 0 aliphatic rings. The Balaban J connectivity index is 2.03. The van der Waals surface area contributed by atoms with E-state index in [0.29, 0.717) is 27.7 Å². The lowest BCUT2D eigenvalue weighted by Crippen LogP contribution is -2.26. The Kier molecular flexibility index (Phi) is 6.58. The van der Waals surface area contributed by atoms with Gasteiger partial charge in [0.15, 0.2) is 0 Å². The largest absolute Gasteiger partial charge is 0.352 e. The highest BCUT2D eigenvalue weighted by atomic mass is 35.5. The summed E-state index contributed by atoms with van der Waals surface area (Å²) < 4.78 is 0. The molecule has 7 heteroatoms. The summed E-state index contributed by atoms with van der Waals surface area (Å²) in [5.41, 5.74) is 0.883. The Morgan fingerprint density at radius 3 is 2.70 bits per heavy atom. The molecule has 3 N–H and O–H groups in total.